The van der Waals surface area contributed by atoms with Crippen LogP contribution in [0.5, 0.6) is 0 Å². The zero-order chi connectivity index (χ0) is 19.2. The van der Waals surface area contributed by atoms with Crippen molar-refractivity contribution in [2.75, 3.05) is 33.4 Å². The van der Waals surface area contributed by atoms with Gasteiger partial charge in [0.1, 0.15) is 5.41 Å². The van der Waals surface area contributed by atoms with E-state index in [1.54, 1.807) is 29.2 Å². The molecule has 1 fully saturated rings. The molecule has 0 spiro atoms. The molecule has 26 heavy (non-hydrogen) atoms. The summed E-state index contributed by atoms with van der Waals surface area (Å²) in [6.45, 7) is 1.02. The molecule has 0 bridgehead atoms. The summed E-state index contributed by atoms with van der Waals surface area (Å²) in [5.41, 5.74) is -0.515. The van der Waals surface area contributed by atoms with Crippen LogP contribution >= 0.6 is 11.6 Å². The molecule has 1 aromatic carbocycles. The Labute approximate surface area is 157 Å². The summed E-state index contributed by atoms with van der Waals surface area (Å²) in [4.78, 5) is 37.3. The fraction of sp³-hybridized carbons (Fsp3) is 0.500. The number of benzene rings is 1. The lowest BCUT2D eigenvalue weighted by atomic mass is 9.88. The quantitative estimate of drug-likeness (QED) is 0.668. The number of rotatable bonds is 8. The van der Waals surface area contributed by atoms with Gasteiger partial charge in [0.15, 0.2) is 0 Å². The lowest BCUT2D eigenvalue weighted by Gasteiger charge is -2.23. The van der Waals surface area contributed by atoms with Gasteiger partial charge in [-0.1, -0.05) is 11.6 Å². The molecule has 0 radical (unpaired) electrons. The van der Waals surface area contributed by atoms with Crippen LogP contribution in [0.15, 0.2) is 24.3 Å². The lowest BCUT2D eigenvalue weighted by Crippen LogP contribution is -2.40. The van der Waals surface area contributed by atoms with E-state index in [2.05, 4.69) is 5.32 Å². The van der Waals surface area contributed by atoms with Gasteiger partial charge in [-0.05, 0) is 37.1 Å². The number of amides is 2. The minimum Gasteiger partial charge on any atom is -0.481 e. The van der Waals surface area contributed by atoms with Crippen molar-refractivity contribution in [1.29, 1.82) is 0 Å². The smallest absolute Gasteiger partial charge is 0.313 e. The number of halogens is 1. The molecule has 1 aliphatic rings. The van der Waals surface area contributed by atoms with E-state index in [9.17, 15) is 19.5 Å². The Morgan fingerprint density at radius 3 is 2.62 bits per heavy atom. The van der Waals surface area contributed by atoms with Crippen LogP contribution in [0.4, 0.5) is 0 Å². The number of methoxy groups -OCH3 is 1. The second kappa shape index (κ2) is 9.00. The van der Waals surface area contributed by atoms with Crippen LogP contribution in [0.2, 0.25) is 5.02 Å². The summed E-state index contributed by atoms with van der Waals surface area (Å²) >= 11 is 5.78. The Balaban J connectivity index is 1.74. The van der Waals surface area contributed by atoms with E-state index in [0.717, 1.165) is 0 Å². The first-order chi connectivity index (χ1) is 12.4. The van der Waals surface area contributed by atoms with E-state index in [1.165, 1.54) is 7.11 Å². The second-order valence-electron chi connectivity index (χ2n) is 6.45. The number of ether oxygens (including phenoxy) is 1. The Morgan fingerprint density at radius 1 is 1.31 bits per heavy atom. The van der Waals surface area contributed by atoms with E-state index >= 15 is 0 Å². The number of hydrogen-bond donors (Lipinski definition) is 2. The SMILES string of the molecule is COCC1(C(=O)O)CCN(C(=O)CCCNC(=O)c2ccc(Cl)cc2)C1. The van der Waals surface area contributed by atoms with Crippen LogP contribution in [0.1, 0.15) is 29.6 Å². The van der Waals surface area contributed by atoms with Gasteiger partial charge in [-0.2, -0.15) is 0 Å². The second-order valence-corrected chi connectivity index (χ2v) is 6.89. The van der Waals surface area contributed by atoms with Gasteiger partial charge in [0.2, 0.25) is 5.91 Å². The Morgan fingerprint density at radius 2 is 2.00 bits per heavy atom. The van der Waals surface area contributed by atoms with Gasteiger partial charge in [0.25, 0.3) is 5.91 Å². The van der Waals surface area contributed by atoms with Crippen molar-refractivity contribution in [1.82, 2.24) is 10.2 Å². The van der Waals surface area contributed by atoms with E-state index < -0.39 is 11.4 Å². The number of aliphatic carboxylic acids is 1. The molecule has 2 N–H and O–H groups in total. The molecule has 1 atom stereocenters. The minimum absolute atomic E-state index is 0.0866. The summed E-state index contributed by atoms with van der Waals surface area (Å²) in [5, 5.41) is 12.7. The zero-order valence-electron chi connectivity index (χ0n) is 14.7. The predicted octanol–water partition coefficient (Wildman–Crippen LogP) is 1.80. The van der Waals surface area contributed by atoms with Crippen molar-refractivity contribution in [3.05, 3.63) is 34.9 Å². The van der Waals surface area contributed by atoms with Crippen molar-refractivity contribution in [2.45, 2.75) is 19.3 Å². The van der Waals surface area contributed by atoms with E-state index in [0.29, 0.717) is 36.5 Å². The average Bonchev–Trinajstić information content (AvgIpc) is 3.05. The highest BCUT2D eigenvalue weighted by atomic mass is 35.5. The highest BCUT2D eigenvalue weighted by molar-refractivity contribution is 6.30. The predicted molar refractivity (Wildman–Crippen MR) is 96.2 cm³/mol. The number of hydrogen-bond acceptors (Lipinski definition) is 4. The third kappa shape index (κ3) is 4.95. The molecular formula is C18H23ClN2O5. The molecule has 142 valence electrons. The highest BCUT2D eigenvalue weighted by Crippen LogP contribution is 2.31. The number of likely N-dealkylation sites (tertiary alicyclic amines) is 1. The van der Waals surface area contributed by atoms with Crippen LogP contribution in [0.25, 0.3) is 0 Å². The molecule has 2 rings (SSSR count). The molecule has 1 aromatic rings. The van der Waals surface area contributed by atoms with Crippen molar-refractivity contribution in [3.8, 4) is 0 Å². The number of nitrogens with zero attached hydrogens (tertiary/aromatic N) is 1. The minimum atomic E-state index is -1.02. The normalized spacial score (nSPS) is 19.4. The van der Waals surface area contributed by atoms with Crippen molar-refractivity contribution in [3.63, 3.8) is 0 Å². The monoisotopic (exact) mass is 382 g/mol. The molecule has 1 heterocycles. The maximum Gasteiger partial charge on any atom is 0.313 e. The van der Waals surface area contributed by atoms with Crippen LogP contribution < -0.4 is 5.32 Å². The zero-order valence-corrected chi connectivity index (χ0v) is 15.4. The summed E-state index contributed by atoms with van der Waals surface area (Å²) in [7, 11) is 1.46. The fourth-order valence-corrected chi connectivity index (χ4v) is 3.14. The number of carbonyl (C=O) groups is 3. The highest BCUT2D eigenvalue weighted by Gasteiger charge is 2.46. The van der Waals surface area contributed by atoms with Crippen LogP contribution in [-0.4, -0.2) is 61.1 Å². The van der Waals surface area contributed by atoms with Crippen LogP contribution in [0, 0.1) is 5.41 Å². The summed E-state index contributed by atoms with van der Waals surface area (Å²) < 4.78 is 5.02. The first-order valence-electron chi connectivity index (χ1n) is 8.42. The van der Waals surface area contributed by atoms with Crippen LogP contribution in [0.3, 0.4) is 0 Å². The van der Waals surface area contributed by atoms with E-state index in [-0.39, 0.29) is 31.4 Å². The Bertz CT molecular complexity index is 664. The number of nitrogens with one attached hydrogen (secondary N) is 1. The molecular weight excluding hydrogens is 360 g/mol. The summed E-state index contributed by atoms with van der Waals surface area (Å²) in [6.07, 6.45) is 1.12. The first-order valence-corrected chi connectivity index (χ1v) is 8.80. The molecule has 0 aromatic heterocycles. The van der Waals surface area contributed by atoms with Crippen molar-refractivity contribution >= 4 is 29.4 Å². The van der Waals surface area contributed by atoms with Gasteiger partial charge in [-0.3, -0.25) is 14.4 Å². The molecule has 1 aliphatic heterocycles. The van der Waals surface area contributed by atoms with E-state index in [1.807, 2.05) is 0 Å². The molecule has 1 unspecified atom stereocenters. The van der Waals surface area contributed by atoms with Gasteiger partial charge in [0, 0.05) is 43.8 Å². The maximum atomic E-state index is 12.3. The number of carboxylic acid groups (broad SMARTS) is 1. The molecule has 0 saturated carbocycles. The third-order valence-electron chi connectivity index (χ3n) is 4.54. The number of carboxylic acids is 1. The molecule has 1 saturated heterocycles. The van der Waals surface area contributed by atoms with Crippen LogP contribution in [-0.2, 0) is 14.3 Å². The Hall–Kier alpha value is -2.12. The lowest BCUT2D eigenvalue weighted by molar-refractivity contribution is -0.151. The topological polar surface area (TPSA) is 95.9 Å². The van der Waals surface area contributed by atoms with Crippen molar-refractivity contribution < 1.29 is 24.2 Å². The molecule has 0 aliphatic carbocycles. The summed E-state index contributed by atoms with van der Waals surface area (Å²) in [5.74, 6) is -1.27. The fourth-order valence-electron chi connectivity index (χ4n) is 3.02. The standard InChI is InChI=1S/C18H23ClN2O5/c1-26-12-18(17(24)25)8-10-21(11-18)15(22)3-2-9-20-16(23)13-4-6-14(19)7-5-13/h4-7H,2-3,8-12H2,1H3,(H,20,23)(H,24,25). The Kier molecular flexibility index (Phi) is 6.99. The summed E-state index contributed by atoms with van der Waals surface area (Å²) in [6, 6.07) is 6.55. The first kappa shape index (κ1) is 20.2. The molecule has 7 nitrogen and oxygen atoms in total. The van der Waals surface area contributed by atoms with E-state index in [4.69, 9.17) is 16.3 Å². The van der Waals surface area contributed by atoms with Gasteiger partial charge in [-0.25, -0.2) is 0 Å². The molecule has 2 amide bonds. The third-order valence-corrected chi connectivity index (χ3v) is 4.79. The van der Waals surface area contributed by atoms with Crippen molar-refractivity contribution in [2.24, 2.45) is 5.41 Å². The van der Waals surface area contributed by atoms with Gasteiger partial charge < -0.3 is 20.1 Å². The van der Waals surface area contributed by atoms with Gasteiger partial charge in [-0.15, -0.1) is 0 Å². The molecule has 8 heteroatoms. The van der Waals surface area contributed by atoms with Gasteiger partial charge >= 0.3 is 5.97 Å². The average molecular weight is 383 g/mol. The maximum absolute atomic E-state index is 12.3. The number of carbonyl (C=O) groups excluding carboxylic acids is 2. The van der Waals surface area contributed by atoms with Gasteiger partial charge in [0.05, 0.1) is 6.61 Å². The largest absolute Gasteiger partial charge is 0.481 e.